The summed E-state index contributed by atoms with van der Waals surface area (Å²) in [6.07, 6.45) is 0.331. The van der Waals surface area contributed by atoms with E-state index in [4.69, 9.17) is 13.3 Å². The molecule has 0 aliphatic rings. The SMILES string of the molecule is C=C(C)C(=O)CCO[Si](C)(OCC)OCC. The van der Waals surface area contributed by atoms with E-state index in [-0.39, 0.29) is 5.78 Å². The van der Waals surface area contributed by atoms with Crippen molar-refractivity contribution in [1.82, 2.24) is 0 Å². The van der Waals surface area contributed by atoms with Crippen LogP contribution in [0.4, 0.5) is 0 Å². The van der Waals surface area contributed by atoms with E-state index in [1.165, 1.54) is 0 Å². The third-order valence-corrected chi connectivity index (χ3v) is 4.34. The summed E-state index contributed by atoms with van der Waals surface area (Å²) in [7, 11) is -2.53. The van der Waals surface area contributed by atoms with Crippen LogP contribution in [0.5, 0.6) is 0 Å². The molecule has 0 radical (unpaired) electrons. The van der Waals surface area contributed by atoms with Crippen LogP contribution in [-0.2, 0) is 18.1 Å². The molecule has 0 saturated heterocycles. The number of rotatable bonds is 9. The summed E-state index contributed by atoms with van der Waals surface area (Å²) >= 11 is 0. The number of ketones is 1. The molecule has 5 heteroatoms. The molecule has 0 aromatic heterocycles. The topological polar surface area (TPSA) is 44.8 Å². The van der Waals surface area contributed by atoms with Gasteiger partial charge in [0, 0.05) is 32.8 Å². The highest BCUT2D eigenvalue weighted by Gasteiger charge is 2.33. The average Bonchev–Trinajstić information content (AvgIpc) is 2.17. The van der Waals surface area contributed by atoms with Gasteiger partial charge >= 0.3 is 8.80 Å². The summed E-state index contributed by atoms with van der Waals surface area (Å²) in [4.78, 5) is 11.3. The molecule has 0 aromatic carbocycles. The molecule has 0 aliphatic heterocycles. The van der Waals surface area contributed by atoms with E-state index in [1.54, 1.807) is 6.92 Å². The Morgan fingerprint density at radius 3 is 2.06 bits per heavy atom. The quantitative estimate of drug-likeness (QED) is 0.462. The number of carbonyl (C=O) groups is 1. The van der Waals surface area contributed by atoms with Crippen molar-refractivity contribution in [2.45, 2.75) is 33.7 Å². The van der Waals surface area contributed by atoms with Crippen LogP contribution in [0, 0.1) is 0 Å². The minimum Gasteiger partial charge on any atom is -0.374 e. The molecule has 0 heterocycles. The highest BCUT2D eigenvalue weighted by molar-refractivity contribution is 6.59. The lowest BCUT2D eigenvalue weighted by atomic mass is 10.2. The van der Waals surface area contributed by atoms with Gasteiger partial charge in [-0.05, 0) is 26.3 Å². The Morgan fingerprint density at radius 1 is 1.19 bits per heavy atom. The van der Waals surface area contributed by atoms with Gasteiger partial charge in [-0.15, -0.1) is 0 Å². The van der Waals surface area contributed by atoms with Gasteiger partial charge in [-0.2, -0.15) is 0 Å². The van der Waals surface area contributed by atoms with Crippen molar-refractivity contribution >= 4 is 14.6 Å². The Kier molecular flexibility index (Phi) is 7.49. The first kappa shape index (κ1) is 15.5. The highest BCUT2D eigenvalue weighted by atomic mass is 28.4. The Labute approximate surface area is 99.0 Å². The maximum atomic E-state index is 11.3. The molecular weight excluding hydrogens is 224 g/mol. The summed E-state index contributed by atoms with van der Waals surface area (Å²) < 4.78 is 16.5. The molecule has 0 rings (SSSR count). The molecule has 4 nitrogen and oxygen atoms in total. The number of hydrogen-bond donors (Lipinski definition) is 0. The Bertz CT molecular complexity index is 234. The first-order chi connectivity index (χ1) is 7.45. The molecule has 0 bridgehead atoms. The molecule has 0 fully saturated rings. The molecule has 0 saturated carbocycles. The fourth-order valence-corrected chi connectivity index (χ4v) is 2.96. The van der Waals surface area contributed by atoms with Crippen LogP contribution < -0.4 is 0 Å². The molecule has 0 amide bonds. The number of hydrogen-bond acceptors (Lipinski definition) is 4. The summed E-state index contributed by atoms with van der Waals surface area (Å²) in [5.74, 6) is 0.0179. The first-order valence-electron chi connectivity index (χ1n) is 5.55. The fraction of sp³-hybridized carbons (Fsp3) is 0.727. The Morgan fingerprint density at radius 2 is 1.69 bits per heavy atom. The van der Waals surface area contributed by atoms with Gasteiger partial charge in [0.25, 0.3) is 0 Å². The molecule has 0 aliphatic carbocycles. The zero-order valence-corrected chi connectivity index (χ0v) is 11.7. The van der Waals surface area contributed by atoms with Crippen molar-refractivity contribution in [2.75, 3.05) is 19.8 Å². The van der Waals surface area contributed by atoms with Crippen LogP contribution in [0.3, 0.4) is 0 Å². The van der Waals surface area contributed by atoms with Gasteiger partial charge in [0.1, 0.15) is 0 Å². The van der Waals surface area contributed by atoms with Gasteiger partial charge in [-0.25, -0.2) is 0 Å². The van der Waals surface area contributed by atoms with Gasteiger partial charge in [-0.1, -0.05) is 6.58 Å². The Hall–Kier alpha value is -0.493. The van der Waals surface area contributed by atoms with E-state index in [9.17, 15) is 4.79 Å². The molecule has 0 N–H and O–H groups in total. The van der Waals surface area contributed by atoms with Crippen molar-refractivity contribution in [3.05, 3.63) is 12.2 Å². The predicted octanol–water partition coefficient (Wildman–Crippen LogP) is 2.18. The van der Waals surface area contributed by atoms with Gasteiger partial charge in [0.2, 0.25) is 0 Å². The van der Waals surface area contributed by atoms with Crippen molar-refractivity contribution < 1.29 is 18.1 Å². The monoisotopic (exact) mass is 246 g/mol. The first-order valence-corrected chi connectivity index (χ1v) is 7.78. The van der Waals surface area contributed by atoms with Gasteiger partial charge in [-0.3, -0.25) is 4.79 Å². The Balaban J connectivity index is 4.02. The van der Waals surface area contributed by atoms with Crippen molar-refractivity contribution in [1.29, 1.82) is 0 Å². The summed E-state index contributed by atoms with van der Waals surface area (Å²) in [6, 6.07) is 0. The van der Waals surface area contributed by atoms with E-state index in [0.29, 0.717) is 31.8 Å². The zero-order valence-electron chi connectivity index (χ0n) is 10.7. The van der Waals surface area contributed by atoms with Crippen LogP contribution in [0.1, 0.15) is 27.2 Å². The van der Waals surface area contributed by atoms with E-state index in [0.717, 1.165) is 0 Å². The lowest BCUT2D eigenvalue weighted by molar-refractivity contribution is -0.116. The second-order valence-corrected chi connectivity index (χ2v) is 6.12. The van der Waals surface area contributed by atoms with Crippen molar-refractivity contribution in [3.63, 3.8) is 0 Å². The van der Waals surface area contributed by atoms with Gasteiger partial charge in [0.05, 0.1) is 0 Å². The molecule has 0 spiro atoms. The smallest absolute Gasteiger partial charge is 0.374 e. The molecule has 94 valence electrons. The van der Waals surface area contributed by atoms with Gasteiger partial charge < -0.3 is 13.3 Å². The normalized spacial score (nSPS) is 11.5. The zero-order chi connectivity index (χ0) is 12.6. The van der Waals surface area contributed by atoms with Crippen LogP contribution in [0.25, 0.3) is 0 Å². The van der Waals surface area contributed by atoms with Crippen molar-refractivity contribution in [3.8, 4) is 0 Å². The molecule has 0 aromatic rings. The van der Waals surface area contributed by atoms with Crippen LogP contribution in [0.15, 0.2) is 12.2 Å². The summed E-state index contributed by atoms with van der Waals surface area (Å²) in [6.45, 7) is 12.3. The minimum absolute atomic E-state index is 0.0179. The molecule has 16 heavy (non-hydrogen) atoms. The molecular formula is C11H22O4Si. The second-order valence-electron chi connectivity index (χ2n) is 3.53. The second kappa shape index (κ2) is 7.73. The highest BCUT2D eigenvalue weighted by Crippen LogP contribution is 2.10. The number of carbonyl (C=O) groups excluding carboxylic acids is 1. The number of Topliss-reactive ketones (excluding diaryl/α,β-unsaturated/α-hetero) is 1. The maximum absolute atomic E-state index is 11.3. The fourth-order valence-electron chi connectivity index (χ4n) is 1.19. The van der Waals surface area contributed by atoms with Crippen molar-refractivity contribution in [2.24, 2.45) is 0 Å². The summed E-state index contributed by atoms with van der Waals surface area (Å²) in [5.41, 5.74) is 0.555. The standard InChI is InChI=1S/C11H22O4Si/c1-6-13-16(5,14-7-2)15-9-8-11(12)10(3)4/h3,6-9H2,1-2,4-5H3. The van der Waals surface area contributed by atoms with E-state index in [1.807, 2.05) is 20.4 Å². The average molecular weight is 246 g/mol. The van der Waals surface area contributed by atoms with E-state index < -0.39 is 8.80 Å². The predicted molar refractivity (Wildman–Crippen MR) is 65.3 cm³/mol. The van der Waals surface area contributed by atoms with E-state index in [2.05, 4.69) is 6.58 Å². The van der Waals surface area contributed by atoms with E-state index >= 15 is 0 Å². The number of allylic oxidation sites excluding steroid dienone is 1. The molecule has 0 unspecified atom stereocenters. The van der Waals surface area contributed by atoms with Crippen LogP contribution in [0.2, 0.25) is 6.55 Å². The third kappa shape index (κ3) is 6.17. The lowest BCUT2D eigenvalue weighted by Crippen LogP contribution is -2.43. The van der Waals surface area contributed by atoms with Crippen LogP contribution >= 0.6 is 0 Å². The maximum Gasteiger partial charge on any atom is 0.497 e. The molecule has 0 atom stereocenters. The third-order valence-electron chi connectivity index (χ3n) is 1.98. The lowest BCUT2D eigenvalue weighted by Gasteiger charge is -2.24. The largest absolute Gasteiger partial charge is 0.497 e. The minimum atomic E-state index is -2.53. The van der Waals surface area contributed by atoms with Gasteiger partial charge in [0.15, 0.2) is 5.78 Å². The summed E-state index contributed by atoms with van der Waals surface area (Å²) in [5, 5.41) is 0. The van der Waals surface area contributed by atoms with Crippen LogP contribution in [-0.4, -0.2) is 34.4 Å².